The van der Waals surface area contributed by atoms with Crippen LogP contribution in [-0.2, 0) is 6.54 Å². The van der Waals surface area contributed by atoms with Crippen LogP contribution in [0.15, 0.2) is 54.7 Å². The van der Waals surface area contributed by atoms with Crippen LogP contribution in [0.5, 0.6) is 5.75 Å². The predicted octanol–water partition coefficient (Wildman–Crippen LogP) is 3.54. The largest absolute Gasteiger partial charge is 0.497 e. The molecule has 122 valence electrons. The predicted molar refractivity (Wildman–Crippen MR) is 94.6 cm³/mol. The second kappa shape index (κ2) is 7.41. The van der Waals surface area contributed by atoms with E-state index in [4.69, 9.17) is 4.74 Å². The van der Waals surface area contributed by atoms with Gasteiger partial charge < -0.3 is 15.4 Å². The molecule has 0 unspecified atom stereocenters. The molecule has 6 heteroatoms. The van der Waals surface area contributed by atoms with Gasteiger partial charge in [0.2, 0.25) is 0 Å². The molecule has 0 aliphatic heterocycles. The summed E-state index contributed by atoms with van der Waals surface area (Å²) in [4.78, 5) is 13.1. The molecular weight excluding hydrogens is 302 g/mol. The average molecular weight is 321 g/mol. The number of ether oxygens (including phenoxy) is 1. The Bertz CT molecular complexity index is 808. The first-order valence-electron chi connectivity index (χ1n) is 7.63. The molecule has 0 bridgehead atoms. The monoisotopic (exact) mass is 321 g/mol. The van der Waals surface area contributed by atoms with Crippen LogP contribution in [-0.4, -0.2) is 22.1 Å². The van der Waals surface area contributed by atoms with Crippen molar-refractivity contribution >= 4 is 17.3 Å². The lowest BCUT2D eigenvalue weighted by molar-refractivity contribution is 0.415. The summed E-state index contributed by atoms with van der Waals surface area (Å²) in [7, 11) is 1.65. The van der Waals surface area contributed by atoms with Gasteiger partial charge in [-0.15, -0.1) is 0 Å². The highest BCUT2D eigenvalue weighted by Crippen LogP contribution is 2.21. The first-order chi connectivity index (χ1) is 11.7. The van der Waals surface area contributed by atoms with E-state index in [1.165, 1.54) is 0 Å². The zero-order valence-electron chi connectivity index (χ0n) is 13.7. The van der Waals surface area contributed by atoms with Crippen molar-refractivity contribution in [1.82, 2.24) is 15.0 Å². The SMILES string of the molecule is COc1cccc(Nc2cc(NCc3ccccn3)nc(C)n2)c1. The van der Waals surface area contributed by atoms with Crippen LogP contribution in [0.3, 0.4) is 0 Å². The van der Waals surface area contributed by atoms with Crippen LogP contribution in [0, 0.1) is 6.92 Å². The zero-order chi connectivity index (χ0) is 16.8. The molecule has 0 saturated carbocycles. The Morgan fingerprint density at radius 1 is 1.00 bits per heavy atom. The quantitative estimate of drug-likeness (QED) is 0.723. The maximum Gasteiger partial charge on any atom is 0.136 e. The fraction of sp³-hybridized carbons (Fsp3) is 0.167. The molecule has 24 heavy (non-hydrogen) atoms. The Labute approximate surface area is 141 Å². The molecule has 0 aliphatic rings. The number of aryl methyl sites for hydroxylation is 1. The van der Waals surface area contributed by atoms with Crippen molar-refractivity contribution in [3.63, 3.8) is 0 Å². The summed E-state index contributed by atoms with van der Waals surface area (Å²) in [6, 6.07) is 15.4. The van der Waals surface area contributed by atoms with E-state index in [2.05, 4.69) is 25.6 Å². The summed E-state index contributed by atoms with van der Waals surface area (Å²) in [5.74, 6) is 2.95. The van der Waals surface area contributed by atoms with E-state index in [1.54, 1.807) is 13.3 Å². The van der Waals surface area contributed by atoms with Crippen LogP contribution < -0.4 is 15.4 Å². The van der Waals surface area contributed by atoms with E-state index in [0.717, 1.165) is 28.8 Å². The number of anilines is 3. The summed E-state index contributed by atoms with van der Waals surface area (Å²) in [6.45, 7) is 2.47. The van der Waals surface area contributed by atoms with Gasteiger partial charge in [-0.1, -0.05) is 12.1 Å². The number of methoxy groups -OCH3 is 1. The molecular formula is C18H19N5O. The molecule has 3 rings (SSSR count). The van der Waals surface area contributed by atoms with Gasteiger partial charge in [0, 0.05) is 24.0 Å². The van der Waals surface area contributed by atoms with Crippen molar-refractivity contribution in [3.05, 3.63) is 66.2 Å². The van der Waals surface area contributed by atoms with Crippen molar-refractivity contribution in [2.45, 2.75) is 13.5 Å². The highest BCUT2D eigenvalue weighted by Gasteiger charge is 2.04. The van der Waals surface area contributed by atoms with Gasteiger partial charge in [-0.25, -0.2) is 9.97 Å². The summed E-state index contributed by atoms with van der Waals surface area (Å²) < 4.78 is 5.24. The molecule has 2 aromatic heterocycles. The van der Waals surface area contributed by atoms with E-state index in [0.29, 0.717) is 12.4 Å². The molecule has 2 N–H and O–H groups in total. The molecule has 1 aromatic carbocycles. The number of hydrogen-bond acceptors (Lipinski definition) is 6. The van der Waals surface area contributed by atoms with Gasteiger partial charge in [0.25, 0.3) is 0 Å². The highest BCUT2D eigenvalue weighted by atomic mass is 16.5. The Morgan fingerprint density at radius 3 is 2.67 bits per heavy atom. The Balaban J connectivity index is 1.73. The fourth-order valence-electron chi connectivity index (χ4n) is 2.25. The van der Waals surface area contributed by atoms with Crippen LogP contribution >= 0.6 is 0 Å². The standard InChI is InChI=1S/C18H19N5O/c1-13-21-17(20-12-15-6-3-4-9-19-15)11-18(22-13)23-14-7-5-8-16(10-14)24-2/h3-11H,12H2,1-2H3,(H2,20,21,22,23). The normalized spacial score (nSPS) is 10.2. The van der Waals surface area contributed by atoms with E-state index in [9.17, 15) is 0 Å². The molecule has 2 heterocycles. The Morgan fingerprint density at radius 2 is 1.88 bits per heavy atom. The number of benzene rings is 1. The van der Waals surface area contributed by atoms with Crippen molar-refractivity contribution in [2.24, 2.45) is 0 Å². The molecule has 0 amide bonds. The van der Waals surface area contributed by atoms with Gasteiger partial charge >= 0.3 is 0 Å². The highest BCUT2D eigenvalue weighted by molar-refractivity contribution is 5.60. The lowest BCUT2D eigenvalue weighted by Crippen LogP contribution is -2.06. The summed E-state index contributed by atoms with van der Waals surface area (Å²) >= 11 is 0. The van der Waals surface area contributed by atoms with Crippen molar-refractivity contribution < 1.29 is 4.74 Å². The summed E-state index contributed by atoms with van der Waals surface area (Å²) in [5.41, 5.74) is 1.86. The van der Waals surface area contributed by atoms with Crippen LogP contribution in [0.4, 0.5) is 17.3 Å². The van der Waals surface area contributed by atoms with Crippen molar-refractivity contribution in [2.75, 3.05) is 17.7 Å². The van der Waals surface area contributed by atoms with E-state index >= 15 is 0 Å². The number of hydrogen-bond donors (Lipinski definition) is 2. The van der Waals surface area contributed by atoms with Crippen LogP contribution in [0.1, 0.15) is 11.5 Å². The average Bonchev–Trinajstić information content (AvgIpc) is 2.60. The first-order valence-corrected chi connectivity index (χ1v) is 7.63. The minimum atomic E-state index is 0.607. The molecule has 0 spiro atoms. The Hall–Kier alpha value is -3.15. The number of nitrogens with one attached hydrogen (secondary N) is 2. The van der Waals surface area contributed by atoms with E-state index in [1.807, 2.05) is 55.5 Å². The van der Waals surface area contributed by atoms with E-state index in [-0.39, 0.29) is 0 Å². The second-order valence-electron chi connectivity index (χ2n) is 5.22. The van der Waals surface area contributed by atoms with Gasteiger partial charge in [-0.2, -0.15) is 0 Å². The van der Waals surface area contributed by atoms with Crippen LogP contribution in [0.25, 0.3) is 0 Å². The van der Waals surface area contributed by atoms with E-state index < -0.39 is 0 Å². The fourth-order valence-corrected chi connectivity index (χ4v) is 2.25. The lowest BCUT2D eigenvalue weighted by atomic mass is 10.3. The molecule has 0 atom stereocenters. The molecule has 6 nitrogen and oxygen atoms in total. The number of aromatic nitrogens is 3. The van der Waals surface area contributed by atoms with Gasteiger partial charge in [0.15, 0.2) is 0 Å². The van der Waals surface area contributed by atoms with Gasteiger partial charge in [0.05, 0.1) is 19.3 Å². The third-order valence-corrected chi connectivity index (χ3v) is 3.36. The minimum absolute atomic E-state index is 0.607. The smallest absolute Gasteiger partial charge is 0.136 e. The van der Waals surface area contributed by atoms with Gasteiger partial charge in [-0.3, -0.25) is 4.98 Å². The zero-order valence-corrected chi connectivity index (χ0v) is 13.7. The van der Waals surface area contributed by atoms with Crippen molar-refractivity contribution in [3.8, 4) is 5.75 Å². The third-order valence-electron chi connectivity index (χ3n) is 3.36. The molecule has 0 radical (unpaired) electrons. The number of pyridine rings is 1. The minimum Gasteiger partial charge on any atom is -0.497 e. The van der Waals surface area contributed by atoms with Gasteiger partial charge in [-0.05, 0) is 31.2 Å². The second-order valence-corrected chi connectivity index (χ2v) is 5.22. The maximum absolute atomic E-state index is 5.24. The summed E-state index contributed by atoms with van der Waals surface area (Å²) in [6.07, 6.45) is 1.78. The summed E-state index contributed by atoms with van der Waals surface area (Å²) in [5, 5.41) is 6.54. The Kier molecular flexibility index (Phi) is 4.86. The lowest BCUT2D eigenvalue weighted by Gasteiger charge is -2.11. The number of rotatable bonds is 6. The van der Waals surface area contributed by atoms with Gasteiger partial charge in [0.1, 0.15) is 23.2 Å². The third kappa shape index (κ3) is 4.19. The maximum atomic E-state index is 5.24. The topological polar surface area (TPSA) is 72.0 Å². The van der Waals surface area contributed by atoms with Crippen molar-refractivity contribution in [1.29, 1.82) is 0 Å². The molecule has 0 fully saturated rings. The number of nitrogens with zero attached hydrogens (tertiary/aromatic N) is 3. The molecule has 0 aliphatic carbocycles. The molecule has 3 aromatic rings. The van der Waals surface area contributed by atoms with Crippen LogP contribution in [0.2, 0.25) is 0 Å². The molecule has 0 saturated heterocycles. The first kappa shape index (κ1) is 15.7.